The number of aromatic nitrogens is 1. The third-order valence-corrected chi connectivity index (χ3v) is 2.50. The molecular formula is C11H13NO. The average Bonchev–Trinajstić information content (AvgIpc) is 2.60. The molecule has 0 aliphatic carbocycles. The third kappa shape index (κ3) is 1.32. The molecule has 68 valence electrons. The Labute approximate surface area is 77.6 Å². The Hall–Kier alpha value is -1.31. The first-order valence-corrected chi connectivity index (χ1v) is 4.65. The van der Waals surface area contributed by atoms with Gasteiger partial charge >= 0.3 is 0 Å². The van der Waals surface area contributed by atoms with Crippen molar-refractivity contribution in [3.63, 3.8) is 0 Å². The zero-order valence-corrected chi connectivity index (χ0v) is 7.95. The van der Waals surface area contributed by atoms with Crippen molar-refractivity contribution in [1.29, 1.82) is 0 Å². The Morgan fingerprint density at radius 1 is 1.54 bits per heavy atom. The van der Waals surface area contributed by atoms with Crippen LogP contribution in [-0.4, -0.2) is 4.98 Å². The van der Waals surface area contributed by atoms with Gasteiger partial charge in [-0.1, -0.05) is 13.8 Å². The van der Waals surface area contributed by atoms with Gasteiger partial charge in [-0.25, -0.2) is 0 Å². The second-order valence-corrected chi connectivity index (χ2v) is 3.35. The van der Waals surface area contributed by atoms with Crippen LogP contribution in [0.25, 0.3) is 11.1 Å². The Kier molecular flexibility index (Phi) is 2.05. The first-order valence-electron chi connectivity index (χ1n) is 4.65. The maximum atomic E-state index is 5.41. The number of fused-ring (bicyclic) bond motifs is 1. The van der Waals surface area contributed by atoms with Crippen molar-refractivity contribution in [3.8, 4) is 0 Å². The van der Waals surface area contributed by atoms with Gasteiger partial charge in [-0.2, -0.15) is 0 Å². The molecule has 0 aliphatic heterocycles. The number of pyridine rings is 1. The fraction of sp³-hybridized carbons (Fsp3) is 0.364. The predicted molar refractivity (Wildman–Crippen MR) is 52.7 cm³/mol. The maximum Gasteiger partial charge on any atom is 0.152 e. The van der Waals surface area contributed by atoms with Crippen LogP contribution in [0.1, 0.15) is 31.7 Å². The first kappa shape index (κ1) is 8.30. The number of rotatable bonds is 2. The summed E-state index contributed by atoms with van der Waals surface area (Å²) in [7, 11) is 0. The highest BCUT2D eigenvalue weighted by atomic mass is 16.3. The first-order chi connectivity index (χ1) is 6.33. The van der Waals surface area contributed by atoms with E-state index in [0.29, 0.717) is 5.92 Å². The van der Waals surface area contributed by atoms with E-state index in [9.17, 15) is 0 Å². The minimum absolute atomic E-state index is 0.524. The molecule has 2 heterocycles. The number of nitrogens with zero attached hydrogens (tertiary/aromatic N) is 1. The number of hydrogen-bond acceptors (Lipinski definition) is 2. The fourth-order valence-corrected chi connectivity index (χ4v) is 1.45. The molecule has 2 nitrogen and oxygen atoms in total. The molecule has 1 atom stereocenters. The summed E-state index contributed by atoms with van der Waals surface area (Å²) < 4.78 is 5.41. The number of furan rings is 1. The molecule has 0 amide bonds. The minimum Gasteiger partial charge on any atom is -0.462 e. The zero-order chi connectivity index (χ0) is 9.26. The highest BCUT2D eigenvalue weighted by Gasteiger charge is 2.11. The van der Waals surface area contributed by atoms with Crippen LogP contribution < -0.4 is 0 Å². The molecule has 0 radical (unpaired) electrons. The van der Waals surface area contributed by atoms with Crippen molar-refractivity contribution in [3.05, 3.63) is 30.2 Å². The topological polar surface area (TPSA) is 26.0 Å². The van der Waals surface area contributed by atoms with Gasteiger partial charge in [-0.15, -0.1) is 0 Å². The van der Waals surface area contributed by atoms with E-state index in [-0.39, 0.29) is 0 Å². The summed E-state index contributed by atoms with van der Waals surface area (Å²) in [5.74, 6) is 0.524. The molecule has 0 saturated heterocycles. The van der Waals surface area contributed by atoms with E-state index in [2.05, 4.69) is 18.8 Å². The average molecular weight is 175 g/mol. The van der Waals surface area contributed by atoms with Crippen molar-refractivity contribution in [2.45, 2.75) is 26.2 Å². The predicted octanol–water partition coefficient (Wildman–Crippen LogP) is 3.34. The number of hydrogen-bond donors (Lipinski definition) is 0. The molecule has 0 saturated carbocycles. The maximum absolute atomic E-state index is 5.41. The highest BCUT2D eigenvalue weighted by molar-refractivity contribution is 5.76. The van der Waals surface area contributed by atoms with E-state index in [0.717, 1.165) is 17.5 Å². The van der Waals surface area contributed by atoms with Crippen LogP contribution in [0.4, 0.5) is 0 Å². The van der Waals surface area contributed by atoms with E-state index in [1.54, 1.807) is 0 Å². The van der Waals surface area contributed by atoms with Crippen LogP contribution in [0.3, 0.4) is 0 Å². The quantitative estimate of drug-likeness (QED) is 0.699. The van der Waals surface area contributed by atoms with E-state index in [4.69, 9.17) is 4.42 Å². The van der Waals surface area contributed by atoms with Crippen LogP contribution in [0.5, 0.6) is 0 Å². The van der Waals surface area contributed by atoms with Crippen molar-refractivity contribution in [1.82, 2.24) is 4.98 Å². The van der Waals surface area contributed by atoms with Gasteiger partial charge in [0, 0.05) is 11.8 Å². The minimum atomic E-state index is 0.524. The molecular weight excluding hydrogens is 162 g/mol. The summed E-state index contributed by atoms with van der Waals surface area (Å²) in [6, 6.07) is 3.85. The van der Waals surface area contributed by atoms with Gasteiger partial charge in [-0.3, -0.25) is 4.98 Å². The SMILES string of the molecule is CCC(C)c1coc2cccnc12. The summed E-state index contributed by atoms with van der Waals surface area (Å²) in [5.41, 5.74) is 3.12. The molecule has 2 aromatic heterocycles. The van der Waals surface area contributed by atoms with E-state index in [1.807, 2.05) is 24.6 Å². The van der Waals surface area contributed by atoms with Crippen LogP contribution in [0.15, 0.2) is 29.0 Å². The monoisotopic (exact) mass is 175 g/mol. The van der Waals surface area contributed by atoms with Crippen LogP contribution >= 0.6 is 0 Å². The lowest BCUT2D eigenvalue weighted by atomic mass is 10.0. The van der Waals surface area contributed by atoms with Crippen LogP contribution in [0.2, 0.25) is 0 Å². The smallest absolute Gasteiger partial charge is 0.152 e. The molecule has 2 rings (SSSR count). The van der Waals surface area contributed by atoms with Gasteiger partial charge < -0.3 is 4.42 Å². The van der Waals surface area contributed by atoms with Crippen molar-refractivity contribution < 1.29 is 4.42 Å². The molecule has 0 bridgehead atoms. The fourth-order valence-electron chi connectivity index (χ4n) is 1.45. The second-order valence-electron chi connectivity index (χ2n) is 3.35. The molecule has 0 spiro atoms. The molecule has 0 N–H and O–H groups in total. The molecule has 0 aromatic carbocycles. The van der Waals surface area contributed by atoms with Gasteiger partial charge in [0.1, 0.15) is 5.52 Å². The Balaban J connectivity index is 2.57. The Morgan fingerprint density at radius 2 is 2.38 bits per heavy atom. The summed E-state index contributed by atoms with van der Waals surface area (Å²) in [6.45, 7) is 4.37. The van der Waals surface area contributed by atoms with Crippen LogP contribution in [0, 0.1) is 0 Å². The zero-order valence-electron chi connectivity index (χ0n) is 7.95. The van der Waals surface area contributed by atoms with Gasteiger partial charge in [0.25, 0.3) is 0 Å². The molecule has 2 aromatic rings. The van der Waals surface area contributed by atoms with Gasteiger partial charge in [0.2, 0.25) is 0 Å². The van der Waals surface area contributed by atoms with E-state index < -0.39 is 0 Å². The molecule has 0 aliphatic rings. The molecule has 0 fully saturated rings. The standard InChI is InChI=1S/C11H13NO/c1-3-8(2)9-7-13-10-5-4-6-12-11(9)10/h4-8H,3H2,1-2H3. The lowest BCUT2D eigenvalue weighted by Gasteiger charge is -2.03. The molecule has 1 unspecified atom stereocenters. The highest BCUT2D eigenvalue weighted by Crippen LogP contribution is 2.27. The molecule has 2 heteroatoms. The largest absolute Gasteiger partial charge is 0.462 e. The van der Waals surface area contributed by atoms with Crippen molar-refractivity contribution in [2.24, 2.45) is 0 Å². The third-order valence-electron chi connectivity index (χ3n) is 2.50. The lowest BCUT2D eigenvalue weighted by molar-refractivity contribution is 0.600. The summed E-state index contributed by atoms with van der Waals surface area (Å²) in [6.07, 6.45) is 4.75. The van der Waals surface area contributed by atoms with Gasteiger partial charge in [0.05, 0.1) is 6.26 Å². The summed E-state index contributed by atoms with van der Waals surface area (Å²) in [5, 5.41) is 0. The van der Waals surface area contributed by atoms with Crippen LogP contribution in [-0.2, 0) is 0 Å². The summed E-state index contributed by atoms with van der Waals surface area (Å²) in [4.78, 5) is 4.32. The van der Waals surface area contributed by atoms with Gasteiger partial charge in [-0.05, 0) is 24.5 Å². The van der Waals surface area contributed by atoms with Gasteiger partial charge in [0.15, 0.2) is 5.58 Å². The van der Waals surface area contributed by atoms with E-state index >= 15 is 0 Å². The van der Waals surface area contributed by atoms with Crippen molar-refractivity contribution in [2.75, 3.05) is 0 Å². The lowest BCUT2D eigenvalue weighted by Crippen LogP contribution is -1.89. The van der Waals surface area contributed by atoms with Crippen molar-refractivity contribution >= 4 is 11.1 Å². The van der Waals surface area contributed by atoms with E-state index in [1.165, 1.54) is 5.56 Å². The second kappa shape index (κ2) is 3.21. The Bertz CT molecular complexity index is 405. The summed E-state index contributed by atoms with van der Waals surface area (Å²) >= 11 is 0. The Morgan fingerprint density at radius 3 is 3.15 bits per heavy atom. The normalized spacial score (nSPS) is 13.4. The molecule has 13 heavy (non-hydrogen) atoms.